The number of benzene rings is 1. The Morgan fingerprint density at radius 3 is 2.82 bits per heavy atom. The third kappa shape index (κ3) is 1.37. The summed E-state index contributed by atoms with van der Waals surface area (Å²) in [6.45, 7) is 0. The van der Waals surface area contributed by atoms with Crippen molar-refractivity contribution in [3.05, 3.63) is 41.1 Å². The van der Waals surface area contributed by atoms with Gasteiger partial charge in [-0.15, -0.1) is 0 Å². The van der Waals surface area contributed by atoms with Gasteiger partial charge in [0.25, 0.3) is 0 Å². The maximum absolute atomic E-state index is 11.0. The number of hydrogen-bond acceptors (Lipinski definition) is 1. The number of rotatable bonds is 1. The van der Waals surface area contributed by atoms with Crippen LogP contribution >= 0.6 is 11.6 Å². The molecule has 86 valence electrons. The van der Waals surface area contributed by atoms with E-state index in [-0.39, 0.29) is 0 Å². The molecule has 0 aliphatic heterocycles. The minimum atomic E-state index is 0.623. The summed E-state index contributed by atoms with van der Waals surface area (Å²) >= 11 is 6.34. The van der Waals surface area contributed by atoms with Crippen molar-refractivity contribution in [3.63, 3.8) is 0 Å². The monoisotopic (exact) mass is 245 g/mol. The van der Waals surface area contributed by atoms with E-state index in [1.807, 2.05) is 12.1 Å². The first-order valence-electron chi connectivity index (χ1n) is 5.64. The highest BCUT2D eigenvalue weighted by Crippen LogP contribution is 2.39. The van der Waals surface area contributed by atoms with Gasteiger partial charge in [-0.1, -0.05) is 29.8 Å². The lowest BCUT2D eigenvalue weighted by Crippen LogP contribution is -2.05. The second-order valence-electron chi connectivity index (χ2n) is 4.35. The van der Waals surface area contributed by atoms with E-state index < -0.39 is 0 Å². The molecule has 0 spiro atoms. The van der Waals surface area contributed by atoms with Crippen LogP contribution in [0.1, 0.15) is 17.7 Å². The molecular weight excluding hydrogens is 234 g/mol. The Morgan fingerprint density at radius 2 is 2.06 bits per heavy atom. The summed E-state index contributed by atoms with van der Waals surface area (Å²) in [6.07, 6.45) is 2.50. The van der Waals surface area contributed by atoms with Gasteiger partial charge in [0.1, 0.15) is 6.29 Å². The topological polar surface area (TPSA) is 22.0 Å². The Hall–Kier alpha value is -1.54. The van der Waals surface area contributed by atoms with Gasteiger partial charge in [0.15, 0.2) is 0 Å². The number of carbonyl (C=O) groups is 1. The van der Waals surface area contributed by atoms with E-state index in [1.165, 1.54) is 11.2 Å². The lowest BCUT2D eigenvalue weighted by Gasteiger charge is -2.14. The highest BCUT2D eigenvalue weighted by molar-refractivity contribution is 6.52. The molecule has 0 saturated carbocycles. The maximum atomic E-state index is 11.0. The second-order valence-corrected chi connectivity index (χ2v) is 4.73. The van der Waals surface area contributed by atoms with Gasteiger partial charge in [-0.25, -0.2) is 0 Å². The molecule has 1 aliphatic rings. The smallest absolute Gasteiger partial charge is 0.147 e. The molecule has 1 heterocycles. The minimum absolute atomic E-state index is 0.623. The number of para-hydroxylation sites is 1. The van der Waals surface area contributed by atoms with Crippen LogP contribution in [0.5, 0.6) is 0 Å². The van der Waals surface area contributed by atoms with Crippen LogP contribution in [0.15, 0.2) is 29.8 Å². The minimum Gasteiger partial charge on any atom is -0.347 e. The SMILES string of the molecule is Cn1c2c(c3ccccc31)C(Cl)=C(C=O)CC2. The summed E-state index contributed by atoms with van der Waals surface area (Å²) in [5.74, 6) is 0. The van der Waals surface area contributed by atoms with Crippen LogP contribution in [-0.2, 0) is 18.3 Å². The molecule has 3 rings (SSSR count). The van der Waals surface area contributed by atoms with Gasteiger partial charge in [-0.05, 0) is 18.9 Å². The van der Waals surface area contributed by atoms with Gasteiger partial charge in [0.05, 0.1) is 5.03 Å². The van der Waals surface area contributed by atoms with Crippen molar-refractivity contribution in [3.8, 4) is 0 Å². The first-order chi connectivity index (χ1) is 8.24. The van der Waals surface area contributed by atoms with Crippen molar-refractivity contribution in [1.82, 2.24) is 4.57 Å². The van der Waals surface area contributed by atoms with Crippen molar-refractivity contribution in [1.29, 1.82) is 0 Å². The lowest BCUT2D eigenvalue weighted by molar-refractivity contribution is -0.105. The second kappa shape index (κ2) is 3.74. The standard InChI is InChI=1S/C14H12ClNO/c1-16-11-5-3-2-4-10(11)13-12(16)7-6-9(8-17)14(13)15/h2-5,8H,6-7H2,1H3. The molecule has 0 amide bonds. The van der Waals surface area contributed by atoms with Crippen LogP contribution in [-0.4, -0.2) is 10.9 Å². The first-order valence-corrected chi connectivity index (χ1v) is 6.02. The predicted molar refractivity (Wildman–Crippen MR) is 70.1 cm³/mol. The zero-order valence-corrected chi connectivity index (χ0v) is 10.3. The molecule has 1 aliphatic carbocycles. The van der Waals surface area contributed by atoms with Crippen LogP contribution in [0.4, 0.5) is 0 Å². The van der Waals surface area contributed by atoms with Crippen molar-refractivity contribution in [2.24, 2.45) is 7.05 Å². The number of allylic oxidation sites excluding steroid dienone is 1. The molecule has 0 bridgehead atoms. The van der Waals surface area contributed by atoms with Gasteiger partial charge < -0.3 is 4.57 Å². The quantitative estimate of drug-likeness (QED) is 0.707. The average molecular weight is 246 g/mol. The van der Waals surface area contributed by atoms with Gasteiger partial charge in [0, 0.05) is 34.8 Å². The summed E-state index contributed by atoms with van der Waals surface area (Å²) < 4.78 is 2.18. The van der Waals surface area contributed by atoms with Crippen molar-refractivity contribution < 1.29 is 4.79 Å². The van der Waals surface area contributed by atoms with Crippen LogP contribution in [0.3, 0.4) is 0 Å². The molecule has 1 aromatic heterocycles. The molecule has 3 heteroatoms. The molecule has 17 heavy (non-hydrogen) atoms. The Morgan fingerprint density at radius 1 is 1.29 bits per heavy atom. The van der Waals surface area contributed by atoms with E-state index in [0.29, 0.717) is 5.03 Å². The van der Waals surface area contributed by atoms with Gasteiger partial charge in [-0.2, -0.15) is 0 Å². The highest BCUT2D eigenvalue weighted by atomic mass is 35.5. The molecule has 1 aromatic carbocycles. The van der Waals surface area contributed by atoms with E-state index in [9.17, 15) is 4.79 Å². The third-order valence-corrected chi connectivity index (χ3v) is 3.93. The zero-order chi connectivity index (χ0) is 12.0. The van der Waals surface area contributed by atoms with Crippen LogP contribution in [0.25, 0.3) is 15.9 Å². The summed E-state index contributed by atoms with van der Waals surface area (Å²) in [6, 6.07) is 8.16. The number of nitrogens with zero attached hydrogens (tertiary/aromatic N) is 1. The Bertz CT molecular complexity index is 652. The predicted octanol–water partition coefficient (Wildman–Crippen LogP) is 3.27. The fourth-order valence-electron chi connectivity index (χ4n) is 2.62. The van der Waals surface area contributed by atoms with Crippen LogP contribution in [0.2, 0.25) is 0 Å². The van der Waals surface area contributed by atoms with E-state index in [1.54, 1.807) is 0 Å². The van der Waals surface area contributed by atoms with E-state index >= 15 is 0 Å². The van der Waals surface area contributed by atoms with E-state index in [2.05, 4.69) is 23.7 Å². The molecule has 0 atom stereocenters. The Balaban J connectivity index is 2.43. The van der Waals surface area contributed by atoms with Gasteiger partial charge >= 0.3 is 0 Å². The zero-order valence-electron chi connectivity index (χ0n) is 9.53. The molecule has 0 saturated heterocycles. The van der Waals surface area contributed by atoms with E-state index in [4.69, 9.17) is 11.6 Å². The largest absolute Gasteiger partial charge is 0.347 e. The van der Waals surface area contributed by atoms with Crippen LogP contribution in [0, 0.1) is 0 Å². The summed E-state index contributed by atoms with van der Waals surface area (Å²) in [5, 5.41) is 1.76. The summed E-state index contributed by atoms with van der Waals surface area (Å²) in [4.78, 5) is 11.0. The molecular formula is C14H12ClNO. The number of hydrogen-bond donors (Lipinski definition) is 0. The number of fused-ring (bicyclic) bond motifs is 3. The average Bonchev–Trinajstić information content (AvgIpc) is 2.65. The molecule has 0 fully saturated rings. The highest BCUT2D eigenvalue weighted by Gasteiger charge is 2.23. The van der Waals surface area contributed by atoms with Gasteiger partial charge in [-0.3, -0.25) is 4.79 Å². The number of halogens is 1. The van der Waals surface area contributed by atoms with Crippen LogP contribution < -0.4 is 0 Å². The lowest BCUT2D eigenvalue weighted by atomic mass is 9.96. The Labute approximate surface area is 104 Å². The third-order valence-electron chi connectivity index (χ3n) is 3.50. The molecule has 0 N–H and O–H groups in total. The van der Waals surface area contributed by atoms with Gasteiger partial charge in [0.2, 0.25) is 0 Å². The van der Waals surface area contributed by atoms with E-state index in [0.717, 1.165) is 35.7 Å². The number of aryl methyl sites for hydroxylation is 1. The summed E-state index contributed by atoms with van der Waals surface area (Å²) in [5.41, 5.74) is 4.15. The first kappa shape index (κ1) is 10.6. The fourth-order valence-corrected chi connectivity index (χ4v) is 2.97. The number of aldehydes is 1. The molecule has 2 aromatic rings. The molecule has 0 unspecified atom stereocenters. The fraction of sp³-hybridized carbons (Fsp3) is 0.214. The Kier molecular flexibility index (Phi) is 2.33. The molecule has 0 radical (unpaired) electrons. The van der Waals surface area contributed by atoms with Crippen molar-refractivity contribution in [2.45, 2.75) is 12.8 Å². The number of aromatic nitrogens is 1. The number of carbonyl (C=O) groups excluding carboxylic acids is 1. The summed E-state index contributed by atoms with van der Waals surface area (Å²) in [7, 11) is 2.05. The maximum Gasteiger partial charge on any atom is 0.147 e. The van der Waals surface area contributed by atoms with Crippen molar-refractivity contribution >= 4 is 33.8 Å². The normalized spacial score (nSPS) is 15.2. The molecule has 2 nitrogen and oxygen atoms in total. The van der Waals surface area contributed by atoms with Crippen molar-refractivity contribution in [2.75, 3.05) is 0 Å².